The van der Waals surface area contributed by atoms with Gasteiger partial charge in [-0.2, -0.15) is 0 Å². The molecule has 52 heavy (non-hydrogen) atoms. The van der Waals surface area contributed by atoms with E-state index in [2.05, 4.69) is 162 Å². The van der Waals surface area contributed by atoms with Crippen LogP contribution < -0.4 is 21.3 Å². The van der Waals surface area contributed by atoms with Crippen molar-refractivity contribution in [3.8, 4) is 16.9 Å². The Hall–Kier alpha value is -6.39. The summed E-state index contributed by atoms with van der Waals surface area (Å²) in [6, 6.07) is 53.4. The van der Waals surface area contributed by atoms with Gasteiger partial charge in [-0.15, -0.1) is 0 Å². The summed E-state index contributed by atoms with van der Waals surface area (Å²) in [4.78, 5) is 2.37. The van der Waals surface area contributed by atoms with Crippen LogP contribution in [0.5, 0.6) is 5.75 Å². The van der Waals surface area contributed by atoms with Crippen LogP contribution in [0.25, 0.3) is 76.2 Å². The molecule has 0 bridgehead atoms. The first-order valence-corrected chi connectivity index (χ1v) is 17.8. The minimum absolute atomic E-state index is 0.290. The number of benzene rings is 9. The van der Waals surface area contributed by atoms with Gasteiger partial charge < -0.3 is 14.4 Å². The van der Waals surface area contributed by atoms with E-state index in [9.17, 15) is 5.11 Å². The second kappa shape index (κ2) is 11.6. The number of phenols is 1. The van der Waals surface area contributed by atoms with Crippen molar-refractivity contribution in [2.45, 2.75) is 0 Å². The number of rotatable bonds is 4. The topological polar surface area (TPSA) is 36.6 Å². The van der Waals surface area contributed by atoms with Gasteiger partial charge in [-0.05, 0) is 79.1 Å². The minimum Gasteiger partial charge on any atom is -0.508 e. The van der Waals surface area contributed by atoms with Crippen molar-refractivity contribution < 1.29 is 9.52 Å². The van der Waals surface area contributed by atoms with Gasteiger partial charge in [-0.1, -0.05) is 132 Å². The normalized spacial score (nSPS) is 11.8. The maximum atomic E-state index is 12.6. The zero-order chi connectivity index (χ0) is 35.1. The van der Waals surface area contributed by atoms with Gasteiger partial charge in [0.05, 0.1) is 16.8 Å². The molecule has 1 heterocycles. The lowest BCUT2D eigenvalue weighted by Gasteiger charge is -2.33. The van der Waals surface area contributed by atoms with Crippen molar-refractivity contribution >= 4 is 122 Å². The van der Waals surface area contributed by atoms with E-state index in [1.165, 1.54) is 21.5 Å². The van der Waals surface area contributed by atoms with Crippen LogP contribution in [-0.2, 0) is 0 Å². The Morgan fingerprint density at radius 2 is 0.981 bits per heavy atom. The monoisotopic (exact) mass is 663 g/mol. The van der Waals surface area contributed by atoms with E-state index in [1.807, 2.05) is 18.2 Å². The largest absolute Gasteiger partial charge is 0.508 e. The first-order chi connectivity index (χ1) is 25.5. The number of fused-ring (bicyclic) bond motifs is 9. The lowest BCUT2D eigenvalue weighted by atomic mass is 9.69. The fourth-order valence-corrected chi connectivity index (χ4v) is 8.58. The second-order valence-electron chi connectivity index (χ2n) is 13.9. The number of hydrogen-bond donors (Lipinski definition) is 1. The Morgan fingerprint density at radius 1 is 0.442 bits per heavy atom. The first kappa shape index (κ1) is 30.4. The van der Waals surface area contributed by atoms with E-state index in [0.29, 0.717) is 0 Å². The Morgan fingerprint density at radius 3 is 1.69 bits per heavy atom. The zero-order valence-electron chi connectivity index (χ0n) is 29.2. The summed E-state index contributed by atoms with van der Waals surface area (Å²) >= 11 is 0. The lowest BCUT2D eigenvalue weighted by Crippen LogP contribution is -2.38. The van der Waals surface area contributed by atoms with Gasteiger partial charge in [0.1, 0.15) is 40.5 Å². The number of nitrogens with zero attached hydrogens (tertiary/aromatic N) is 1. The van der Waals surface area contributed by atoms with Gasteiger partial charge in [0.15, 0.2) is 0 Å². The quantitative estimate of drug-likeness (QED) is 0.154. The van der Waals surface area contributed by atoms with Gasteiger partial charge in [-0.25, -0.2) is 0 Å². The van der Waals surface area contributed by atoms with E-state index in [4.69, 9.17) is 4.42 Å². The number of aromatic hydroxyl groups is 1. The van der Waals surface area contributed by atoms with Crippen molar-refractivity contribution in [3.05, 3.63) is 152 Å². The van der Waals surface area contributed by atoms with Crippen LogP contribution in [0.15, 0.2) is 156 Å². The molecule has 0 aliphatic heterocycles. The van der Waals surface area contributed by atoms with E-state index >= 15 is 0 Å². The van der Waals surface area contributed by atoms with Crippen LogP contribution in [-0.4, -0.2) is 28.6 Å². The molecule has 0 amide bonds. The average molecular weight is 663 g/mol. The lowest BCUT2D eigenvalue weighted by molar-refractivity contribution is 0.482. The maximum absolute atomic E-state index is 12.6. The summed E-state index contributed by atoms with van der Waals surface area (Å²) < 4.78 is 6.46. The second-order valence-corrected chi connectivity index (χ2v) is 13.9. The van der Waals surface area contributed by atoms with Crippen molar-refractivity contribution in [3.63, 3.8) is 0 Å². The molecule has 9 aromatic carbocycles. The molecule has 6 heteroatoms. The molecule has 0 radical (unpaired) electrons. The first-order valence-electron chi connectivity index (χ1n) is 17.8. The molecule has 1 N–H and O–H groups in total. The fraction of sp³-hybridized carbons (Fsp3) is 0. The highest BCUT2D eigenvalue weighted by molar-refractivity contribution is 6.57. The van der Waals surface area contributed by atoms with Crippen molar-refractivity contribution in [2.75, 3.05) is 4.90 Å². The number of hydrogen-bond acceptors (Lipinski definition) is 3. The fourth-order valence-electron chi connectivity index (χ4n) is 8.58. The van der Waals surface area contributed by atoms with E-state index in [-0.39, 0.29) is 5.75 Å². The van der Waals surface area contributed by atoms with Crippen molar-refractivity contribution in [1.29, 1.82) is 0 Å². The molecule has 3 nitrogen and oxygen atoms in total. The molecule has 0 saturated heterocycles. The predicted octanol–water partition coefficient (Wildman–Crippen LogP) is 7.82. The number of anilines is 3. The summed E-state index contributed by atoms with van der Waals surface area (Å²) in [5.74, 6) is 0.290. The number of para-hydroxylation sites is 1. The molecule has 10 rings (SSSR count). The highest BCUT2D eigenvalue weighted by atomic mass is 16.3. The summed E-state index contributed by atoms with van der Waals surface area (Å²) in [6.07, 6.45) is 0. The Labute approximate surface area is 303 Å². The zero-order valence-corrected chi connectivity index (χ0v) is 29.2. The highest BCUT2D eigenvalue weighted by Crippen LogP contribution is 2.47. The van der Waals surface area contributed by atoms with E-state index in [1.54, 1.807) is 0 Å². The molecular weight excluding hydrogens is 631 g/mol. The molecule has 0 spiro atoms. The molecule has 0 saturated carbocycles. The molecule has 0 atom stereocenters. The molecule has 0 unspecified atom stereocenters. The standard InChI is InChI=1S/C46H32B3NO2/c47-42-41(35-24-26-12-1-3-14-28(26)30-16-5-6-18-32(30)35)46(51)44(49)45(43(42)48)50(36-21-11-23-39-40(36)34-20-9-10-22-38(34)52-39)37-25-27-13-2-4-15-29(27)31-17-7-8-19-33(31)37/h1-25,51H,47-49H2. The SMILES string of the molecule is Bc1c(B)c(N(c2cc3ccccc3c3ccccc23)c2cccc3oc4ccccc4c23)c(B)c(O)c1-c1cc2ccccc2c2ccccc12. The molecule has 0 aliphatic carbocycles. The summed E-state index contributed by atoms with van der Waals surface area (Å²) in [7, 11) is 6.42. The third-order valence-corrected chi connectivity index (χ3v) is 11.1. The Kier molecular flexibility index (Phi) is 6.78. The Balaban J connectivity index is 1.34. The maximum Gasteiger partial charge on any atom is 0.147 e. The molecule has 1 aromatic heterocycles. The van der Waals surface area contributed by atoms with E-state index < -0.39 is 0 Å². The van der Waals surface area contributed by atoms with Gasteiger partial charge >= 0.3 is 0 Å². The minimum atomic E-state index is 0.290. The van der Waals surface area contributed by atoms with Gasteiger partial charge in [-0.3, -0.25) is 0 Å². The highest BCUT2D eigenvalue weighted by Gasteiger charge is 2.28. The van der Waals surface area contributed by atoms with Crippen LogP contribution in [0, 0.1) is 0 Å². The van der Waals surface area contributed by atoms with Gasteiger partial charge in [0, 0.05) is 22.0 Å². The average Bonchev–Trinajstić information content (AvgIpc) is 3.58. The van der Waals surface area contributed by atoms with E-state index in [0.717, 1.165) is 88.1 Å². The summed E-state index contributed by atoms with van der Waals surface area (Å²) in [5, 5.41) is 24.0. The van der Waals surface area contributed by atoms with Crippen molar-refractivity contribution in [2.24, 2.45) is 0 Å². The number of phenolic OH excluding ortho intramolecular Hbond substituents is 1. The van der Waals surface area contributed by atoms with Crippen molar-refractivity contribution in [1.82, 2.24) is 0 Å². The van der Waals surface area contributed by atoms with Crippen LogP contribution in [0.3, 0.4) is 0 Å². The Bertz CT molecular complexity index is 3060. The molecule has 242 valence electrons. The smallest absolute Gasteiger partial charge is 0.147 e. The molecular formula is C46H32B3NO2. The summed E-state index contributed by atoms with van der Waals surface area (Å²) in [5.41, 5.74) is 9.53. The van der Waals surface area contributed by atoms with Crippen LogP contribution in [0.4, 0.5) is 17.1 Å². The van der Waals surface area contributed by atoms with Gasteiger partial charge in [0.2, 0.25) is 0 Å². The van der Waals surface area contributed by atoms with Crippen LogP contribution in [0.2, 0.25) is 0 Å². The molecule has 10 aromatic rings. The molecule has 0 aliphatic rings. The third kappa shape index (κ3) is 4.37. The number of furan rings is 1. The molecule has 0 fully saturated rings. The third-order valence-electron chi connectivity index (χ3n) is 11.1. The van der Waals surface area contributed by atoms with Crippen LogP contribution >= 0.6 is 0 Å². The predicted molar refractivity (Wildman–Crippen MR) is 230 cm³/mol. The van der Waals surface area contributed by atoms with Gasteiger partial charge in [0.25, 0.3) is 0 Å². The van der Waals surface area contributed by atoms with Crippen LogP contribution in [0.1, 0.15) is 0 Å². The summed E-state index contributed by atoms with van der Waals surface area (Å²) in [6.45, 7) is 0.